The lowest BCUT2D eigenvalue weighted by Gasteiger charge is -2.22. The summed E-state index contributed by atoms with van der Waals surface area (Å²) in [7, 11) is 0. The van der Waals surface area contributed by atoms with Crippen LogP contribution < -0.4 is 0 Å². The predicted octanol–water partition coefficient (Wildman–Crippen LogP) is 13.9. The molecule has 0 amide bonds. The molecule has 0 radical (unpaired) electrons. The lowest BCUT2D eigenvalue weighted by molar-refractivity contribution is 0.661. The van der Waals surface area contributed by atoms with Crippen molar-refractivity contribution in [2.75, 3.05) is 0 Å². The van der Waals surface area contributed by atoms with Crippen molar-refractivity contribution in [2.24, 2.45) is 0 Å². The van der Waals surface area contributed by atoms with Gasteiger partial charge in [-0.05, 0) is 106 Å². The molecule has 0 atom stereocenters. The van der Waals surface area contributed by atoms with Gasteiger partial charge in [0, 0.05) is 5.41 Å². The topological polar surface area (TPSA) is 0 Å². The lowest BCUT2D eigenvalue weighted by atomic mass is 9.81. The zero-order valence-corrected chi connectivity index (χ0v) is 28.2. The van der Waals surface area contributed by atoms with Gasteiger partial charge in [0.1, 0.15) is 0 Å². The van der Waals surface area contributed by atoms with Crippen LogP contribution in [-0.2, 0) is 5.41 Å². The summed E-state index contributed by atoms with van der Waals surface area (Å²) in [6, 6.07) is 58.4. The monoisotopic (exact) mass is 616 g/mol. The molecule has 0 N–H and O–H groups in total. The maximum Gasteiger partial charge on any atom is 0.0159 e. The van der Waals surface area contributed by atoms with E-state index in [2.05, 4.69) is 185 Å². The molecule has 0 bridgehead atoms. The van der Waals surface area contributed by atoms with Gasteiger partial charge < -0.3 is 0 Å². The van der Waals surface area contributed by atoms with Gasteiger partial charge in [0.2, 0.25) is 0 Å². The van der Waals surface area contributed by atoms with Crippen LogP contribution in [0.4, 0.5) is 0 Å². The van der Waals surface area contributed by atoms with Gasteiger partial charge in [0.25, 0.3) is 0 Å². The van der Waals surface area contributed by atoms with Crippen LogP contribution in [-0.4, -0.2) is 0 Å². The molecule has 0 heteroatoms. The molecule has 0 nitrogen and oxygen atoms in total. The Morgan fingerprint density at radius 3 is 1.38 bits per heavy atom. The second kappa shape index (κ2) is 12.0. The average Bonchev–Trinajstić information content (AvgIpc) is 3.35. The first-order chi connectivity index (χ1) is 23.5. The van der Waals surface area contributed by atoms with Crippen LogP contribution in [0.5, 0.6) is 0 Å². The normalized spacial score (nSPS) is 12.8. The smallest absolute Gasteiger partial charge is 0.0159 e. The highest BCUT2D eigenvalue weighted by Crippen LogP contribution is 2.52. The Morgan fingerprint density at radius 2 is 0.792 bits per heavy atom. The van der Waals surface area contributed by atoms with Crippen LogP contribution in [0.15, 0.2) is 158 Å². The fourth-order valence-electron chi connectivity index (χ4n) is 7.80. The highest BCUT2D eigenvalue weighted by molar-refractivity contribution is 6.21. The third-order valence-electron chi connectivity index (χ3n) is 10.0. The van der Waals surface area contributed by atoms with Gasteiger partial charge in [0.05, 0.1) is 0 Å². The van der Waals surface area contributed by atoms with Crippen LogP contribution in [0.3, 0.4) is 0 Å². The zero-order chi connectivity index (χ0) is 32.8. The van der Waals surface area contributed by atoms with Gasteiger partial charge in [-0.2, -0.15) is 0 Å². The minimum Gasteiger partial charge on any atom is -0.0656 e. The minimum atomic E-state index is -0.0485. The van der Waals surface area contributed by atoms with Crippen molar-refractivity contribution in [3.05, 3.63) is 169 Å². The molecule has 0 unspecified atom stereocenters. The number of fused-ring (bicyclic) bond motifs is 6. The van der Waals surface area contributed by atoms with Gasteiger partial charge in [-0.3, -0.25) is 0 Å². The maximum atomic E-state index is 2.46. The van der Waals surface area contributed by atoms with E-state index in [1.165, 1.54) is 94.4 Å². The van der Waals surface area contributed by atoms with Crippen molar-refractivity contribution in [3.8, 4) is 44.5 Å². The zero-order valence-electron chi connectivity index (χ0n) is 28.2. The number of benzene rings is 8. The van der Waals surface area contributed by atoms with Crippen LogP contribution >= 0.6 is 0 Å². The van der Waals surface area contributed by atoms with Gasteiger partial charge in [-0.15, -0.1) is 0 Å². The highest BCUT2D eigenvalue weighted by atomic mass is 14.4. The van der Waals surface area contributed by atoms with Crippen molar-refractivity contribution in [1.29, 1.82) is 0 Å². The average molecular weight is 617 g/mol. The van der Waals surface area contributed by atoms with E-state index < -0.39 is 0 Å². The standard InChI is InChI=1S/C45H32.C3H8/c1-45(2)41-25-24-34(27-39(41)40-26-32-14-6-7-15-33(32)28-42(40)45)44-37-18-10-8-16-35(37)43(36-17-9-11-19-38(36)44)31-22-20-30(21-23-31)29-12-4-3-5-13-29;1-3-2/h3-28H,1-2H3;3H2,1-2H3. The summed E-state index contributed by atoms with van der Waals surface area (Å²) in [6.07, 6.45) is 1.25. The first-order valence-corrected chi connectivity index (χ1v) is 17.3. The SMILES string of the molecule is CC1(C)c2ccc(-c3c4ccccc4c(-c4ccc(-c5ccccc5)cc4)c4ccccc34)cc2-c2cc3ccccc3cc21.CCC. The second-order valence-corrected chi connectivity index (χ2v) is 13.6. The number of hydrogen-bond acceptors (Lipinski definition) is 0. The minimum absolute atomic E-state index is 0.0485. The van der Waals surface area contributed by atoms with Crippen molar-refractivity contribution in [3.63, 3.8) is 0 Å². The van der Waals surface area contributed by atoms with E-state index in [4.69, 9.17) is 0 Å². The molecule has 0 aliphatic heterocycles. The van der Waals surface area contributed by atoms with E-state index in [0.717, 1.165) is 0 Å². The number of hydrogen-bond donors (Lipinski definition) is 0. The summed E-state index contributed by atoms with van der Waals surface area (Å²) in [4.78, 5) is 0. The first kappa shape index (κ1) is 29.9. The molecule has 48 heavy (non-hydrogen) atoms. The van der Waals surface area contributed by atoms with Crippen LogP contribution in [0.1, 0.15) is 45.2 Å². The summed E-state index contributed by atoms with van der Waals surface area (Å²) in [5.74, 6) is 0. The van der Waals surface area contributed by atoms with E-state index >= 15 is 0 Å². The van der Waals surface area contributed by atoms with Gasteiger partial charge in [0.15, 0.2) is 0 Å². The fraction of sp³-hybridized carbons (Fsp3) is 0.125. The molecule has 0 spiro atoms. The summed E-state index contributed by atoms with van der Waals surface area (Å²) in [5.41, 5.74) is 13.1. The fourth-order valence-corrected chi connectivity index (χ4v) is 7.80. The van der Waals surface area contributed by atoms with Gasteiger partial charge >= 0.3 is 0 Å². The van der Waals surface area contributed by atoms with Crippen molar-refractivity contribution in [2.45, 2.75) is 39.5 Å². The largest absolute Gasteiger partial charge is 0.0656 e. The Balaban J connectivity index is 0.00000108. The van der Waals surface area contributed by atoms with Gasteiger partial charge in [-0.25, -0.2) is 0 Å². The molecule has 9 rings (SSSR count). The second-order valence-electron chi connectivity index (χ2n) is 13.6. The first-order valence-electron chi connectivity index (χ1n) is 17.3. The molecule has 0 saturated carbocycles. The Morgan fingerprint density at radius 1 is 0.375 bits per heavy atom. The Bertz CT molecular complexity index is 2390. The molecule has 0 heterocycles. The van der Waals surface area contributed by atoms with Crippen LogP contribution in [0.25, 0.3) is 76.8 Å². The maximum absolute atomic E-state index is 2.46. The van der Waals surface area contributed by atoms with E-state index in [-0.39, 0.29) is 5.41 Å². The third kappa shape index (κ3) is 4.83. The molecule has 8 aromatic carbocycles. The van der Waals surface area contributed by atoms with E-state index in [9.17, 15) is 0 Å². The molecule has 0 aromatic heterocycles. The van der Waals surface area contributed by atoms with E-state index in [1.807, 2.05) is 0 Å². The molecule has 232 valence electrons. The molecule has 1 aliphatic carbocycles. The molecular weight excluding hydrogens is 577 g/mol. The summed E-state index contributed by atoms with van der Waals surface area (Å²) in [5, 5.41) is 7.74. The molecule has 0 fully saturated rings. The van der Waals surface area contributed by atoms with Crippen LogP contribution in [0, 0.1) is 0 Å². The Kier molecular flexibility index (Phi) is 7.46. The molecule has 0 saturated heterocycles. The Hall–Kier alpha value is -5.46. The van der Waals surface area contributed by atoms with E-state index in [0.29, 0.717) is 0 Å². The van der Waals surface area contributed by atoms with E-state index in [1.54, 1.807) is 0 Å². The summed E-state index contributed by atoms with van der Waals surface area (Å²) in [6.45, 7) is 8.99. The molecule has 8 aromatic rings. The van der Waals surface area contributed by atoms with Crippen LogP contribution in [0.2, 0.25) is 0 Å². The summed E-state index contributed by atoms with van der Waals surface area (Å²) < 4.78 is 0. The van der Waals surface area contributed by atoms with Gasteiger partial charge in [-0.1, -0.05) is 174 Å². The summed E-state index contributed by atoms with van der Waals surface area (Å²) >= 11 is 0. The highest BCUT2D eigenvalue weighted by Gasteiger charge is 2.36. The lowest BCUT2D eigenvalue weighted by Crippen LogP contribution is -2.14. The quantitative estimate of drug-likeness (QED) is 0.173. The molecule has 1 aliphatic rings. The number of rotatable bonds is 3. The van der Waals surface area contributed by atoms with Crippen molar-refractivity contribution in [1.82, 2.24) is 0 Å². The van der Waals surface area contributed by atoms with Crippen molar-refractivity contribution >= 4 is 32.3 Å². The Labute approximate surface area is 284 Å². The molecular formula is C48H40. The van der Waals surface area contributed by atoms with Crippen molar-refractivity contribution < 1.29 is 0 Å². The third-order valence-corrected chi connectivity index (χ3v) is 10.0. The predicted molar refractivity (Wildman–Crippen MR) is 209 cm³/mol.